The molecule has 29 heavy (non-hydrogen) atoms. The molecule has 154 valence electrons. The Labute approximate surface area is 170 Å². The molecule has 0 aromatic heterocycles. The zero-order chi connectivity index (χ0) is 21.0. The molecule has 1 aliphatic carbocycles. The summed E-state index contributed by atoms with van der Waals surface area (Å²) < 4.78 is 18.4. The summed E-state index contributed by atoms with van der Waals surface area (Å²) in [7, 11) is 1.50. The van der Waals surface area contributed by atoms with Crippen LogP contribution in [0.5, 0.6) is 5.75 Å². The van der Waals surface area contributed by atoms with E-state index in [0.29, 0.717) is 17.9 Å². The van der Waals surface area contributed by atoms with E-state index in [9.17, 15) is 14.0 Å². The molecule has 1 unspecified atom stereocenters. The number of hydrogen-bond acceptors (Lipinski definition) is 3. The van der Waals surface area contributed by atoms with Crippen molar-refractivity contribution in [2.24, 2.45) is 5.92 Å². The van der Waals surface area contributed by atoms with Gasteiger partial charge in [-0.25, -0.2) is 4.39 Å². The molecule has 0 bridgehead atoms. The Morgan fingerprint density at radius 3 is 2.34 bits per heavy atom. The standard InChI is InChI=1S/C23H27FN2O3/c1-15(2)20(26-21(27)18-6-4-5-7-19(18)29-3)22(28)25-14-23(12-13-23)16-8-10-17(24)11-9-16/h4-11,15,20H,12-14H2,1-3H3,(H,25,28)(H,26,27). The summed E-state index contributed by atoms with van der Waals surface area (Å²) in [6.07, 6.45) is 1.89. The maximum absolute atomic E-state index is 13.2. The first kappa shape index (κ1) is 20.8. The average Bonchev–Trinajstić information content (AvgIpc) is 3.51. The smallest absolute Gasteiger partial charge is 0.255 e. The summed E-state index contributed by atoms with van der Waals surface area (Å²) in [5, 5.41) is 5.82. The predicted molar refractivity (Wildman–Crippen MR) is 109 cm³/mol. The maximum atomic E-state index is 13.2. The minimum Gasteiger partial charge on any atom is -0.496 e. The summed E-state index contributed by atoms with van der Waals surface area (Å²) >= 11 is 0. The van der Waals surface area contributed by atoms with Crippen LogP contribution in [-0.4, -0.2) is 31.5 Å². The van der Waals surface area contributed by atoms with Crippen LogP contribution in [0.1, 0.15) is 42.6 Å². The normalized spacial score (nSPS) is 15.5. The summed E-state index contributed by atoms with van der Waals surface area (Å²) in [6.45, 7) is 4.24. The van der Waals surface area contributed by atoms with Crippen molar-refractivity contribution in [1.29, 1.82) is 0 Å². The van der Waals surface area contributed by atoms with Crippen molar-refractivity contribution in [3.8, 4) is 5.75 Å². The van der Waals surface area contributed by atoms with Gasteiger partial charge in [0.05, 0.1) is 12.7 Å². The van der Waals surface area contributed by atoms with Crippen LogP contribution in [-0.2, 0) is 10.2 Å². The summed E-state index contributed by atoms with van der Waals surface area (Å²) in [5.41, 5.74) is 1.27. The van der Waals surface area contributed by atoms with Gasteiger partial charge in [0.25, 0.3) is 5.91 Å². The highest BCUT2D eigenvalue weighted by Gasteiger charge is 2.44. The highest BCUT2D eigenvalue weighted by Crippen LogP contribution is 2.47. The molecular weight excluding hydrogens is 371 g/mol. The van der Waals surface area contributed by atoms with Crippen LogP contribution in [0.15, 0.2) is 48.5 Å². The van der Waals surface area contributed by atoms with Gasteiger partial charge in [-0.1, -0.05) is 38.1 Å². The third kappa shape index (κ3) is 4.75. The molecule has 1 fully saturated rings. The van der Waals surface area contributed by atoms with Crippen molar-refractivity contribution < 1.29 is 18.7 Å². The van der Waals surface area contributed by atoms with Gasteiger partial charge in [-0.3, -0.25) is 9.59 Å². The molecule has 0 aliphatic heterocycles. The maximum Gasteiger partial charge on any atom is 0.255 e. The van der Waals surface area contributed by atoms with Gasteiger partial charge in [-0.05, 0) is 48.6 Å². The lowest BCUT2D eigenvalue weighted by atomic mass is 9.95. The third-order valence-electron chi connectivity index (χ3n) is 5.50. The van der Waals surface area contributed by atoms with Crippen LogP contribution in [0.3, 0.4) is 0 Å². The van der Waals surface area contributed by atoms with Crippen LogP contribution < -0.4 is 15.4 Å². The van der Waals surface area contributed by atoms with E-state index < -0.39 is 6.04 Å². The van der Waals surface area contributed by atoms with Gasteiger partial charge in [0, 0.05) is 12.0 Å². The fourth-order valence-corrected chi connectivity index (χ4v) is 3.47. The van der Waals surface area contributed by atoms with Gasteiger partial charge in [0.15, 0.2) is 0 Å². The number of benzene rings is 2. The second-order valence-electron chi connectivity index (χ2n) is 7.90. The topological polar surface area (TPSA) is 67.4 Å². The highest BCUT2D eigenvalue weighted by atomic mass is 19.1. The molecule has 0 spiro atoms. The molecule has 2 aromatic carbocycles. The van der Waals surface area contributed by atoms with Crippen LogP contribution in [0.2, 0.25) is 0 Å². The summed E-state index contributed by atoms with van der Waals surface area (Å²) in [4.78, 5) is 25.6. The molecule has 2 amide bonds. The molecule has 0 radical (unpaired) electrons. The molecule has 0 saturated heterocycles. The number of para-hydroxylation sites is 1. The minimum absolute atomic E-state index is 0.0883. The molecule has 5 nitrogen and oxygen atoms in total. The Kier molecular flexibility index (Phi) is 6.20. The number of hydrogen-bond donors (Lipinski definition) is 2. The van der Waals surface area contributed by atoms with E-state index in [2.05, 4.69) is 10.6 Å². The molecule has 6 heteroatoms. The van der Waals surface area contributed by atoms with Crippen LogP contribution in [0.4, 0.5) is 4.39 Å². The monoisotopic (exact) mass is 398 g/mol. The Balaban J connectivity index is 1.65. The molecular formula is C23H27FN2O3. The molecule has 1 aliphatic rings. The van der Waals surface area contributed by atoms with Crippen molar-refractivity contribution in [2.75, 3.05) is 13.7 Å². The van der Waals surface area contributed by atoms with Crippen molar-refractivity contribution >= 4 is 11.8 Å². The third-order valence-corrected chi connectivity index (χ3v) is 5.50. The lowest BCUT2D eigenvalue weighted by Crippen LogP contribution is -2.51. The largest absolute Gasteiger partial charge is 0.496 e. The van der Waals surface area contributed by atoms with Crippen molar-refractivity contribution in [3.05, 3.63) is 65.5 Å². The quantitative estimate of drug-likeness (QED) is 0.716. The van der Waals surface area contributed by atoms with Gasteiger partial charge in [-0.2, -0.15) is 0 Å². The van der Waals surface area contributed by atoms with Crippen molar-refractivity contribution in [3.63, 3.8) is 0 Å². The lowest BCUT2D eigenvalue weighted by Gasteiger charge is -2.24. The van der Waals surface area contributed by atoms with Crippen LogP contribution in [0.25, 0.3) is 0 Å². The van der Waals surface area contributed by atoms with Crippen molar-refractivity contribution in [2.45, 2.75) is 38.1 Å². The number of carbonyl (C=O) groups excluding carboxylic acids is 2. The molecule has 0 heterocycles. The van der Waals surface area contributed by atoms with E-state index in [0.717, 1.165) is 18.4 Å². The fraction of sp³-hybridized carbons (Fsp3) is 0.391. The zero-order valence-electron chi connectivity index (χ0n) is 17.0. The van der Waals surface area contributed by atoms with Crippen molar-refractivity contribution in [1.82, 2.24) is 10.6 Å². The van der Waals surface area contributed by atoms with Crippen LogP contribution in [0, 0.1) is 11.7 Å². The first-order valence-electron chi connectivity index (χ1n) is 9.84. The van der Waals surface area contributed by atoms with Crippen LogP contribution >= 0.6 is 0 Å². The summed E-state index contributed by atoms with van der Waals surface area (Å²) in [6, 6.07) is 12.7. The Bertz CT molecular complexity index is 876. The Morgan fingerprint density at radius 1 is 1.10 bits per heavy atom. The molecule has 3 rings (SSSR count). The number of amides is 2. The molecule has 2 N–H and O–H groups in total. The Hall–Kier alpha value is -2.89. The van der Waals surface area contributed by atoms with E-state index in [1.54, 1.807) is 36.4 Å². The van der Waals surface area contributed by atoms with E-state index >= 15 is 0 Å². The number of carbonyl (C=O) groups is 2. The first-order chi connectivity index (χ1) is 13.9. The number of methoxy groups -OCH3 is 1. The number of ether oxygens (including phenoxy) is 1. The number of halogens is 1. The van der Waals surface area contributed by atoms with Gasteiger partial charge >= 0.3 is 0 Å². The zero-order valence-corrected chi connectivity index (χ0v) is 17.0. The minimum atomic E-state index is -0.670. The van der Waals surface area contributed by atoms with Gasteiger partial charge in [0.1, 0.15) is 17.6 Å². The highest BCUT2D eigenvalue weighted by molar-refractivity contribution is 5.99. The van der Waals surface area contributed by atoms with E-state index in [1.165, 1.54) is 19.2 Å². The van der Waals surface area contributed by atoms with E-state index in [-0.39, 0.29) is 29.0 Å². The average molecular weight is 398 g/mol. The predicted octanol–water partition coefficient (Wildman–Crippen LogP) is 3.44. The second-order valence-corrected chi connectivity index (χ2v) is 7.90. The second kappa shape index (κ2) is 8.64. The Morgan fingerprint density at radius 2 is 1.76 bits per heavy atom. The fourth-order valence-electron chi connectivity index (χ4n) is 3.47. The van der Waals surface area contributed by atoms with E-state index in [1.807, 2.05) is 13.8 Å². The lowest BCUT2D eigenvalue weighted by molar-refractivity contribution is -0.124. The van der Waals surface area contributed by atoms with Gasteiger partial charge in [-0.15, -0.1) is 0 Å². The number of rotatable bonds is 8. The SMILES string of the molecule is COc1ccccc1C(=O)NC(C(=O)NCC1(c2ccc(F)cc2)CC1)C(C)C. The first-order valence-corrected chi connectivity index (χ1v) is 9.84. The van der Waals surface area contributed by atoms with E-state index in [4.69, 9.17) is 4.74 Å². The molecule has 2 aromatic rings. The van der Waals surface area contributed by atoms with Gasteiger partial charge < -0.3 is 15.4 Å². The summed E-state index contributed by atoms with van der Waals surface area (Å²) in [5.74, 6) is -0.476. The van der Waals surface area contributed by atoms with Gasteiger partial charge in [0.2, 0.25) is 5.91 Å². The molecule has 1 atom stereocenters. The number of nitrogens with one attached hydrogen (secondary N) is 2. The molecule has 1 saturated carbocycles.